The third-order valence-electron chi connectivity index (χ3n) is 3.93. The average molecular weight is 225 g/mol. The smallest absolute Gasteiger partial charge is 0.407 e. The second-order valence-electron chi connectivity index (χ2n) is 6.13. The standard InChI is InChI=1S/C12H19NO3/c1-12(2,3)10-8-6-13(11(15)16)5-7(8)4-9(10)14/h7-8,10H,4-6H2,1-3H3,(H,15,16). The maximum Gasteiger partial charge on any atom is 0.407 e. The molecule has 4 nitrogen and oxygen atoms in total. The fourth-order valence-electron chi connectivity index (χ4n) is 3.40. The van der Waals surface area contributed by atoms with Crippen molar-refractivity contribution in [3.8, 4) is 0 Å². The molecule has 0 aromatic rings. The predicted octanol–water partition coefficient (Wildman–Crippen LogP) is 1.85. The second kappa shape index (κ2) is 3.47. The normalized spacial score (nSPS) is 34.3. The Morgan fingerprint density at radius 1 is 1.38 bits per heavy atom. The van der Waals surface area contributed by atoms with Crippen LogP contribution in [0.15, 0.2) is 0 Å². The molecule has 1 N–H and O–H groups in total. The van der Waals surface area contributed by atoms with E-state index in [-0.39, 0.29) is 23.2 Å². The maximum atomic E-state index is 11.9. The molecular formula is C12H19NO3. The molecule has 0 bridgehead atoms. The SMILES string of the molecule is CC(C)(C)C1C(=O)CC2CN(C(=O)O)CC21. The van der Waals surface area contributed by atoms with Crippen LogP contribution in [0.25, 0.3) is 0 Å². The van der Waals surface area contributed by atoms with Crippen LogP contribution in [-0.4, -0.2) is 35.0 Å². The Labute approximate surface area is 95.6 Å². The molecule has 1 amide bonds. The molecule has 0 aromatic heterocycles. The molecule has 0 aromatic carbocycles. The lowest BCUT2D eigenvalue weighted by molar-refractivity contribution is -0.124. The number of carbonyl (C=O) groups is 2. The summed E-state index contributed by atoms with van der Waals surface area (Å²) in [5, 5.41) is 8.96. The Morgan fingerprint density at radius 2 is 2.00 bits per heavy atom. The lowest BCUT2D eigenvalue weighted by atomic mass is 9.73. The van der Waals surface area contributed by atoms with Crippen molar-refractivity contribution < 1.29 is 14.7 Å². The van der Waals surface area contributed by atoms with Gasteiger partial charge in [-0.05, 0) is 17.3 Å². The first-order valence-electron chi connectivity index (χ1n) is 5.81. The highest BCUT2D eigenvalue weighted by molar-refractivity contribution is 5.85. The van der Waals surface area contributed by atoms with Crippen LogP contribution >= 0.6 is 0 Å². The average Bonchev–Trinajstić information content (AvgIpc) is 2.56. The number of fused-ring (bicyclic) bond motifs is 1. The molecule has 1 aliphatic carbocycles. The fourth-order valence-corrected chi connectivity index (χ4v) is 3.40. The summed E-state index contributed by atoms with van der Waals surface area (Å²) in [6.45, 7) is 7.29. The number of nitrogens with zero attached hydrogens (tertiary/aromatic N) is 1. The van der Waals surface area contributed by atoms with Gasteiger partial charge in [0.25, 0.3) is 0 Å². The van der Waals surface area contributed by atoms with Gasteiger partial charge in [-0.3, -0.25) is 4.79 Å². The van der Waals surface area contributed by atoms with Crippen molar-refractivity contribution in [3.05, 3.63) is 0 Å². The number of carbonyl (C=O) groups excluding carboxylic acids is 1. The largest absolute Gasteiger partial charge is 0.465 e. The van der Waals surface area contributed by atoms with E-state index in [2.05, 4.69) is 20.8 Å². The minimum atomic E-state index is -0.852. The molecule has 3 unspecified atom stereocenters. The van der Waals surface area contributed by atoms with Crippen LogP contribution in [-0.2, 0) is 4.79 Å². The minimum Gasteiger partial charge on any atom is -0.465 e. The van der Waals surface area contributed by atoms with Crippen molar-refractivity contribution in [1.29, 1.82) is 0 Å². The van der Waals surface area contributed by atoms with E-state index in [9.17, 15) is 9.59 Å². The molecule has 1 saturated heterocycles. The Hall–Kier alpha value is -1.06. The number of hydrogen-bond donors (Lipinski definition) is 1. The third kappa shape index (κ3) is 1.70. The first kappa shape index (κ1) is 11.4. The highest BCUT2D eigenvalue weighted by Gasteiger charge is 2.52. The van der Waals surface area contributed by atoms with Gasteiger partial charge in [0, 0.05) is 25.4 Å². The van der Waals surface area contributed by atoms with Gasteiger partial charge in [-0.15, -0.1) is 0 Å². The number of ketones is 1. The van der Waals surface area contributed by atoms with E-state index in [1.165, 1.54) is 4.90 Å². The first-order chi connectivity index (χ1) is 7.30. The van der Waals surface area contributed by atoms with Crippen LogP contribution in [0.1, 0.15) is 27.2 Å². The van der Waals surface area contributed by atoms with Crippen molar-refractivity contribution in [3.63, 3.8) is 0 Å². The van der Waals surface area contributed by atoms with Crippen molar-refractivity contribution in [1.82, 2.24) is 4.90 Å². The predicted molar refractivity (Wildman–Crippen MR) is 59.1 cm³/mol. The fraction of sp³-hybridized carbons (Fsp3) is 0.833. The quantitative estimate of drug-likeness (QED) is 0.684. The lowest BCUT2D eigenvalue weighted by Crippen LogP contribution is -2.34. The van der Waals surface area contributed by atoms with Gasteiger partial charge in [-0.1, -0.05) is 20.8 Å². The van der Waals surface area contributed by atoms with Gasteiger partial charge in [0.2, 0.25) is 0 Å². The maximum absolute atomic E-state index is 11.9. The van der Waals surface area contributed by atoms with Gasteiger partial charge in [0.05, 0.1) is 0 Å². The molecule has 16 heavy (non-hydrogen) atoms. The van der Waals surface area contributed by atoms with Crippen molar-refractivity contribution in [2.45, 2.75) is 27.2 Å². The van der Waals surface area contributed by atoms with E-state index in [1.54, 1.807) is 0 Å². The van der Waals surface area contributed by atoms with E-state index < -0.39 is 6.09 Å². The number of Topliss-reactive ketones (excluding diaryl/α,β-unsaturated/α-hetero) is 1. The van der Waals surface area contributed by atoms with Crippen molar-refractivity contribution in [2.75, 3.05) is 13.1 Å². The molecule has 1 heterocycles. The topological polar surface area (TPSA) is 57.6 Å². The summed E-state index contributed by atoms with van der Waals surface area (Å²) in [5.41, 5.74) is -0.0506. The van der Waals surface area contributed by atoms with Crippen LogP contribution < -0.4 is 0 Å². The number of carboxylic acid groups (broad SMARTS) is 1. The third-order valence-corrected chi connectivity index (χ3v) is 3.93. The van der Waals surface area contributed by atoms with Gasteiger partial charge >= 0.3 is 6.09 Å². The summed E-state index contributed by atoms with van der Waals surface area (Å²) in [5.74, 6) is 0.853. The summed E-state index contributed by atoms with van der Waals surface area (Å²) in [6, 6.07) is 0. The Balaban J connectivity index is 2.18. The minimum absolute atomic E-state index is 0.0295. The lowest BCUT2D eigenvalue weighted by Gasteiger charge is -2.30. The van der Waals surface area contributed by atoms with E-state index in [4.69, 9.17) is 5.11 Å². The van der Waals surface area contributed by atoms with Gasteiger partial charge in [0.15, 0.2) is 0 Å². The van der Waals surface area contributed by atoms with Crippen molar-refractivity contribution >= 4 is 11.9 Å². The van der Waals surface area contributed by atoms with Crippen LogP contribution in [0.5, 0.6) is 0 Å². The Kier molecular flexibility index (Phi) is 2.48. The molecule has 2 aliphatic rings. The molecular weight excluding hydrogens is 206 g/mol. The summed E-state index contributed by atoms with van der Waals surface area (Å²) >= 11 is 0. The molecule has 2 fully saturated rings. The van der Waals surface area contributed by atoms with E-state index >= 15 is 0 Å². The summed E-state index contributed by atoms with van der Waals surface area (Å²) in [4.78, 5) is 24.3. The Bertz CT molecular complexity index is 332. The van der Waals surface area contributed by atoms with Crippen LogP contribution in [0.3, 0.4) is 0 Å². The zero-order valence-electron chi connectivity index (χ0n) is 10.1. The summed E-state index contributed by atoms with van der Waals surface area (Å²) < 4.78 is 0. The van der Waals surface area contributed by atoms with Gasteiger partial charge < -0.3 is 10.0 Å². The van der Waals surface area contributed by atoms with E-state index in [0.717, 1.165) is 0 Å². The number of rotatable bonds is 0. The highest BCUT2D eigenvalue weighted by atomic mass is 16.4. The van der Waals surface area contributed by atoms with Crippen molar-refractivity contribution in [2.24, 2.45) is 23.2 Å². The van der Waals surface area contributed by atoms with E-state index in [0.29, 0.717) is 25.3 Å². The molecule has 1 saturated carbocycles. The monoisotopic (exact) mass is 225 g/mol. The van der Waals surface area contributed by atoms with Gasteiger partial charge in [-0.25, -0.2) is 4.79 Å². The molecule has 1 aliphatic heterocycles. The van der Waals surface area contributed by atoms with Crippen LogP contribution in [0, 0.1) is 23.2 Å². The Morgan fingerprint density at radius 3 is 2.50 bits per heavy atom. The number of hydrogen-bond acceptors (Lipinski definition) is 2. The highest BCUT2D eigenvalue weighted by Crippen LogP contribution is 2.47. The number of likely N-dealkylation sites (tertiary alicyclic amines) is 1. The van der Waals surface area contributed by atoms with Crippen LogP contribution in [0.4, 0.5) is 4.79 Å². The molecule has 0 spiro atoms. The molecule has 3 atom stereocenters. The summed E-state index contributed by atoms with van der Waals surface area (Å²) in [6.07, 6.45) is -0.286. The van der Waals surface area contributed by atoms with E-state index in [1.807, 2.05) is 0 Å². The summed E-state index contributed by atoms with van der Waals surface area (Å²) in [7, 11) is 0. The first-order valence-corrected chi connectivity index (χ1v) is 5.81. The number of amides is 1. The zero-order chi connectivity index (χ0) is 12.1. The molecule has 4 heteroatoms. The van der Waals surface area contributed by atoms with Crippen LogP contribution in [0.2, 0.25) is 0 Å². The zero-order valence-corrected chi connectivity index (χ0v) is 10.1. The molecule has 0 radical (unpaired) electrons. The molecule has 90 valence electrons. The second-order valence-corrected chi connectivity index (χ2v) is 6.13. The van der Waals surface area contributed by atoms with Gasteiger partial charge in [-0.2, -0.15) is 0 Å². The van der Waals surface area contributed by atoms with Gasteiger partial charge in [0.1, 0.15) is 5.78 Å². The molecule has 2 rings (SSSR count).